The van der Waals surface area contributed by atoms with Crippen LogP contribution in [0.3, 0.4) is 0 Å². The van der Waals surface area contributed by atoms with Crippen molar-refractivity contribution in [3.8, 4) is 0 Å². The van der Waals surface area contributed by atoms with Gasteiger partial charge in [0.05, 0.1) is 10.0 Å². The number of halogens is 2. The molecule has 1 aliphatic rings. The van der Waals surface area contributed by atoms with Crippen LogP contribution in [0.25, 0.3) is 0 Å². The lowest BCUT2D eigenvalue weighted by Gasteiger charge is -2.34. The Bertz CT molecular complexity index is 939. The van der Waals surface area contributed by atoms with Crippen LogP contribution in [0.15, 0.2) is 22.7 Å². The number of carbonyl (C=O) groups is 2. The average molecular weight is 467 g/mol. The highest BCUT2D eigenvalue weighted by Gasteiger charge is 2.32. The van der Waals surface area contributed by atoms with Crippen LogP contribution in [0, 0.1) is 0 Å². The Kier molecular flexibility index (Phi) is 7.59. The number of likely N-dealkylation sites (tertiary alicyclic amines) is 1. The van der Waals surface area contributed by atoms with Crippen molar-refractivity contribution in [3.63, 3.8) is 0 Å². The Labute approximate surface area is 192 Å². The number of piperidine rings is 1. The van der Waals surface area contributed by atoms with E-state index >= 15 is 0 Å². The summed E-state index contributed by atoms with van der Waals surface area (Å²) in [4.78, 5) is 31.8. The second-order valence-electron chi connectivity index (χ2n) is 8.83. The van der Waals surface area contributed by atoms with Gasteiger partial charge in [-0.1, -0.05) is 49.1 Å². The van der Waals surface area contributed by atoms with E-state index in [2.05, 4.69) is 15.5 Å². The monoisotopic (exact) mass is 466 g/mol. The SMILES string of the molecule is CC(C)(C)c1noc(CCCC(=O)N2CCCCC2C(=O)Nc2ccc(Cl)c(Cl)c2)n1. The molecule has 1 aliphatic heterocycles. The molecule has 0 bridgehead atoms. The molecule has 0 aliphatic carbocycles. The van der Waals surface area contributed by atoms with Crippen LogP contribution in [-0.2, 0) is 21.4 Å². The molecule has 1 aromatic heterocycles. The minimum absolute atomic E-state index is 0.0375. The van der Waals surface area contributed by atoms with Crippen molar-refractivity contribution in [1.29, 1.82) is 0 Å². The fourth-order valence-electron chi connectivity index (χ4n) is 3.50. The number of hydrogen-bond acceptors (Lipinski definition) is 5. The molecule has 2 amide bonds. The topological polar surface area (TPSA) is 88.3 Å². The molecule has 9 heteroatoms. The van der Waals surface area contributed by atoms with E-state index in [-0.39, 0.29) is 17.2 Å². The Morgan fingerprint density at radius 1 is 1.23 bits per heavy atom. The van der Waals surface area contributed by atoms with Crippen molar-refractivity contribution in [3.05, 3.63) is 40.0 Å². The molecular weight excluding hydrogens is 439 g/mol. The first-order valence-electron chi connectivity index (χ1n) is 10.5. The van der Waals surface area contributed by atoms with E-state index in [1.165, 1.54) is 0 Å². The zero-order valence-corrected chi connectivity index (χ0v) is 19.6. The van der Waals surface area contributed by atoms with Gasteiger partial charge in [-0.2, -0.15) is 4.98 Å². The predicted molar refractivity (Wildman–Crippen MR) is 120 cm³/mol. The van der Waals surface area contributed by atoms with E-state index < -0.39 is 6.04 Å². The fraction of sp³-hybridized carbons (Fsp3) is 0.545. The van der Waals surface area contributed by atoms with Crippen molar-refractivity contribution in [2.75, 3.05) is 11.9 Å². The number of aryl methyl sites for hydroxylation is 1. The molecule has 31 heavy (non-hydrogen) atoms. The van der Waals surface area contributed by atoms with Crippen LogP contribution in [0.4, 0.5) is 5.69 Å². The molecule has 7 nitrogen and oxygen atoms in total. The number of rotatable bonds is 6. The van der Waals surface area contributed by atoms with Gasteiger partial charge in [-0.05, 0) is 43.9 Å². The van der Waals surface area contributed by atoms with Crippen LogP contribution < -0.4 is 5.32 Å². The second kappa shape index (κ2) is 10.0. The van der Waals surface area contributed by atoms with E-state index in [0.29, 0.717) is 59.7 Å². The second-order valence-corrected chi connectivity index (χ2v) is 9.65. The Morgan fingerprint density at radius 3 is 2.68 bits per heavy atom. The number of anilines is 1. The molecule has 1 unspecified atom stereocenters. The molecule has 168 valence electrons. The van der Waals surface area contributed by atoms with Gasteiger partial charge in [-0.25, -0.2) is 0 Å². The lowest BCUT2D eigenvalue weighted by Crippen LogP contribution is -2.50. The van der Waals surface area contributed by atoms with Gasteiger partial charge in [0.2, 0.25) is 17.7 Å². The fourth-order valence-corrected chi connectivity index (χ4v) is 3.80. The lowest BCUT2D eigenvalue weighted by molar-refractivity contribution is -0.140. The van der Waals surface area contributed by atoms with Gasteiger partial charge in [-0.15, -0.1) is 0 Å². The highest BCUT2D eigenvalue weighted by atomic mass is 35.5. The first-order valence-corrected chi connectivity index (χ1v) is 11.3. The Morgan fingerprint density at radius 2 is 2.00 bits per heavy atom. The molecule has 2 aromatic rings. The van der Waals surface area contributed by atoms with Gasteiger partial charge >= 0.3 is 0 Å². The highest BCUT2D eigenvalue weighted by Crippen LogP contribution is 2.26. The summed E-state index contributed by atoms with van der Waals surface area (Å²) >= 11 is 12.0. The summed E-state index contributed by atoms with van der Waals surface area (Å²) in [5.74, 6) is 0.942. The van der Waals surface area contributed by atoms with Gasteiger partial charge < -0.3 is 14.7 Å². The van der Waals surface area contributed by atoms with Gasteiger partial charge in [0.1, 0.15) is 6.04 Å². The highest BCUT2D eigenvalue weighted by molar-refractivity contribution is 6.42. The quantitative estimate of drug-likeness (QED) is 0.645. The molecule has 0 radical (unpaired) electrons. The molecule has 1 N–H and O–H groups in total. The summed E-state index contributed by atoms with van der Waals surface area (Å²) in [5, 5.41) is 7.65. The van der Waals surface area contributed by atoms with Crippen LogP contribution in [0.2, 0.25) is 10.0 Å². The minimum atomic E-state index is -0.494. The molecule has 2 heterocycles. The first-order chi connectivity index (χ1) is 14.6. The first kappa shape index (κ1) is 23.5. The average Bonchev–Trinajstić information content (AvgIpc) is 3.20. The standard InChI is InChI=1S/C22H28Cl2N4O3/c1-22(2,3)21-26-18(31-27-21)8-6-9-19(29)28-12-5-4-7-17(28)20(30)25-14-10-11-15(23)16(24)13-14/h10-11,13,17H,4-9,12H2,1-3H3,(H,25,30). The summed E-state index contributed by atoms with van der Waals surface area (Å²) in [6.07, 6.45) is 3.87. The molecular formula is C22H28Cl2N4O3. The molecule has 0 spiro atoms. The van der Waals surface area contributed by atoms with Gasteiger partial charge in [0, 0.05) is 30.5 Å². The van der Waals surface area contributed by atoms with Gasteiger partial charge in [0.15, 0.2) is 5.82 Å². The maximum absolute atomic E-state index is 12.9. The number of amides is 2. The number of aromatic nitrogens is 2. The smallest absolute Gasteiger partial charge is 0.247 e. The number of carbonyl (C=O) groups excluding carboxylic acids is 2. The minimum Gasteiger partial charge on any atom is -0.339 e. The molecule has 1 atom stereocenters. The van der Waals surface area contributed by atoms with E-state index in [1.807, 2.05) is 20.8 Å². The van der Waals surface area contributed by atoms with Crippen molar-refractivity contribution in [1.82, 2.24) is 15.0 Å². The third kappa shape index (κ3) is 6.20. The zero-order chi connectivity index (χ0) is 22.6. The van der Waals surface area contributed by atoms with E-state index in [0.717, 1.165) is 12.8 Å². The number of hydrogen-bond donors (Lipinski definition) is 1. The van der Waals surface area contributed by atoms with Gasteiger partial charge in [-0.3, -0.25) is 9.59 Å². The largest absolute Gasteiger partial charge is 0.339 e. The van der Waals surface area contributed by atoms with Crippen LogP contribution >= 0.6 is 23.2 Å². The van der Waals surface area contributed by atoms with E-state index in [4.69, 9.17) is 27.7 Å². The van der Waals surface area contributed by atoms with Crippen molar-refractivity contribution in [2.24, 2.45) is 0 Å². The van der Waals surface area contributed by atoms with Gasteiger partial charge in [0.25, 0.3) is 0 Å². The number of nitrogens with zero attached hydrogens (tertiary/aromatic N) is 3. The summed E-state index contributed by atoms with van der Waals surface area (Å²) in [6.45, 7) is 6.63. The predicted octanol–water partition coefficient (Wildman–Crippen LogP) is 5.02. The van der Waals surface area contributed by atoms with Crippen molar-refractivity contribution < 1.29 is 14.1 Å². The Hall–Kier alpha value is -2.12. The van der Waals surface area contributed by atoms with Crippen LogP contribution in [0.5, 0.6) is 0 Å². The normalized spacial score (nSPS) is 16.9. The number of benzene rings is 1. The Balaban J connectivity index is 1.56. The molecule has 1 fully saturated rings. The maximum Gasteiger partial charge on any atom is 0.247 e. The molecule has 1 aromatic carbocycles. The van der Waals surface area contributed by atoms with Crippen LogP contribution in [0.1, 0.15) is 64.6 Å². The third-order valence-electron chi connectivity index (χ3n) is 5.23. The van der Waals surface area contributed by atoms with Crippen LogP contribution in [-0.4, -0.2) is 39.4 Å². The zero-order valence-electron chi connectivity index (χ0n) is 18.1. The van der Waals surface area contributed by atoms with E-state index in [1.54, 1.807) is 23.1 Å². The van der Waals surface area contributed by atoms with Crippen molar-refractivity contribution >= 4 is 40.7 Å². The van der Waals surface area contributed by atoms with Crippen molar-refractivity contribution in [2.45, 2.75) is 70.8 Å². The molecule has 0 saturated carbocycles. The summed E-state index contributed by atoms with van der Waals surface area (Å²) in [6, 6.07) is 4.43. The summed E-state index contributed by atoms with van der Waals surface area (Å²) in [7, 11) is 0. The molecule has 1 saturated heterocycles. The number of nitrogens with one attached hydrogen (secondary N) is 1. The molecule has 3 rings (SSSR count). The van der Waals surface area contributed by atoms with E-state index in [9.17, 15) is 9.59 Å². The third-order valence-corrected chi connectivity index (χ3v) is 5.97. The summed E-state index contributed by atoms with van der Waals surface area (Å²) < 4.78 is 5.29. The summed E-state index contributed by atoms with van der Waals surface area (Å²) in [5.41, 5.74) is 0.378. The maximum atomic E-state index is 12.9. The lowest BCUT2D eigenvalue weighted by atomic mass is 9.96.